The molecule has 0 fully saturated rings. The molecule has 0 aliphatic rings. The van der Waals surface area contributed by atoms with Gasteiger partial charge in [0.25, 0.3) is 0 Å². The predicted molar refractivity (Wildman–Crippen MR) is 47.1 cm³/mol. The topological polar surface area (TPSA) is 76.0 Å². The quantitative estimate of drug-likeness (QED) is 0.475. The fourth-order valence-electron chi connectivity index (χ4n) is 0.742. The zero-order chi connectivity index (χ0) is 10.3. The van der Waals surface area contributed by atoms with E-state index in [1.807, 2.05) is 0 Å². The highest BCUT2D eigenvalue weighted by molar-refractivity contribution is 5.75. The van der Waals surface area contributed by atoms with Crippen LogP contribution in [-0.4, -0.2) is 29.8 Å². The summed E-state index contributed by atoms with van der Waals surface area (Å²) in [5, 5.41) is 11.8. The lowest BCUT2D eigenvalue weighted by molar-refractivity contribution is -0.125. The SMILES string of the molecule is CC(=O)CCOC(O)CC(C)N=O. The van der Waals surface area contributed by atoms with Crippen molar-refractivity contribution >= 4 is 5.78 Å². The van der Waals surface area contributed by atoms with Crippen LogP contribution < -0.4 is 0 Å². The summed E-state index contributed by atoms with van der Waals surface area (Å²) in [7, 11) is 0. The van der Waals surface area contributed by atoms with Gasteiger partial charge in [0.2, 0.25) is 0 Å². The molecular weight excluding hydrogens is 174 g/mol. The molecule has 76 valence electrons. The number of nitrogens with zero attached hydrogens (tertiary/aromatic N) is 1. The molecule has 5 heteroatoms. The number of aliphatic hydroxyl groups excluding tert-OH is 1. The number of hydrogen-bond donors (Lipinski definition) is 1. The van der Waals surface area contributed by atoms with Gasteiger partial charge in [-0.25, -0.2) is 0 Å². The van der Waals surface area contributed by atoms with E-state index in [1.54, 1.807) is 6.92 Å². The van der Waals surface area contributed by atoms with E-state index in [0.29, 0.717) is 0 Å². The second-order valence-electron chi connectivity index (χ2n) is 2.97. The zero-order valence-corrected chi connectivity index (χ0v) is 7.90. The van der Waals surface area contributed by atoms with E-state index in [9.17, 15) is 9.70 Å². The average Bonchev–Trinajstić information content (AvgIpc) is 2.03. The normalized spacial score (nSPS) is 15.0. The summed E-state index contributed by atoms with van der Waals surface area (Å²) in [6.07, 6.45) is -0.562. The van der Waals surface area contributed by atoms with Crippen LogP contribution in [0.15, 0.2) is 5.18 Å². The molecule has 0 rings (SSSR count). The van der Waals surface area contributed by atoms with Gasteiger partial charge in [0.15, 0.2) is 6.29 Å². The molecule has 0 aliphatic carbocycles. The Morgan fingerprint density at radius 3 is 2.69 bits per heavy atom. The van der Waals surface area contributed by atoms with Crippen LogP contribution in [0, 0.1) is 4.91 Å². The molecule has 0 aromatic carbocycles. The number of ether oxygens (including phenoxy) is 1. The van der Waals surface area contributed by atoms with Crippen molar-refractivity contribution in [2.45, 2.75) is 39.0 Å². The smallest absolute Gasteiger partial charge is 0.156 e. The van der Waals surface area contributed by atoms with Gasteiger partial charge < -0.3 is 9.84 Å². The number of rotatable bonds is 7. The van der Waals surface area contributed by atoms with Crippen LogP contribution in [0.1, 0.15) is 26.7 Å². The molecule has 0 bridgehead atoms. The van der Waals surface area contributed by atoms with Crippen LogP contribution >= 0.6 is 0 Å². The second kappa shape index (κ2) is 6.68. The van der Waals surface area contributed by atoms with Crippen molar-refractivity contribution in [1.29, 1.82) is 0 Å². The van der Waals surface area contributed by atoms with Gasteiger partial charge in [-0.15, -0.1) is 0 Å². The lowest BCUT2D eigenvalue weighted by Gasteiger charge is -2.11. The molecule has 2 atom stereocenters. The lowest BCUT2D eigenvalue weighted by Crippen LogP contribution is -2.18. The van der Waals surface area contributed by atoms with E-state index in [1.165, 1.54) is 6.92 Å². The molecule has 0 amide bonds. The summed E-state index contributed by atoms with van der Waals surface area (Å²) in [4.78, 5) is 20.4. The third-order valence-corrected chi connectivity index (χ3v) is 1.49. The first-order chi connectivity index (χ1) is 6.06. The van der Waals surface area contributed by atoms with Crippen molar-refractivity contribution in [3.8, 4) is 0 Å². The Morgan fingerprint density at radius 1 is 1.62 bits per heavy atom. The molecule has 0 saturated carbocycles. The highest BCUT2D eigenvalue weighted by Gasteiger charge is 2.10. The molecule has 1 N–H and O–H groups in total. The second-order valence-corrected chi connectivity index (χ2v) is 2.97. The summed E-state index contributed by atoms with van der Waals surface area (Å²) in [6.45, 7) is 3.22. The fraction of sp³-hybridized carbons (Fsp3) is 0.875. The number of ketones is 1. The number of Topliss-reactive ketones (excluding diaryl/α,β-unsaturated/α-hetero) is 1. The number of aliphatic hydroxyl groups is 1. The molecule has 13 heavy (non-hydrogen) atoms. The van der Waals surface area contributed by atoms with Crippen molar-refractivity contribution < 1.29 is 14.6 Å². The van der Waals surface area contributed by atoms with Gasteiger partial charge in [-0.05, 0) is 13.8 Å². The third kappa shape index (κ3) is 7.55. The van der Waals surface area contributed by atoms with Crippen LogP contribution in [0.25, 0.3) is 0 Å². The van der Waals surface area contributed by atoms with Gasteiger partial charge in [0.1, 0.15) is 5.78 Å². The Balaban J connectivity index is 3.45. The Morgan fingerprint density at radius 2 is 2.23 bits per heavy atom. The Kier molecular flexibility index (Phi) is 6.26. The van der Waals surface area contributed by atoms with E-state index < -0.39 is 12.3 Å². The minimum absolute atomic E-state index is 0.00811. The summed E-state index contributed by atoms with van der Waals surface area (Å²) >= 11 is 0. The maximum absolute atomic E-state index is 10.5. The summed E-state index contributed by atoms with van der Waals surface area (Å²) in [5.74, 6) is 0.00811. The molecule has 0 aromatic rings. The third-order valence-electron chi connectivity index (χ3n) is 1.49. The van der Waals surface area contributed by atoms with Crippen LogP contribution in [0.3, 0.4) is 0 Å². The number of hydrogen-bond acceptors (Lipinski definition) is 5. The van der Waals surface area contributed by atoms with Gasteiger partial charge in [-0.2, -0.15) is 4.91 Å². The molecule has 2 unspecified atom stereocenters. The maximum Gasteiger partial charge on any atom is 0.156 e. The van der Waals surface area contributed by atoms with Crippen LogP contribution in [0.4, 0.5) is 0 Å². The number of nitroso groups, excluding NO2 is 1. The Labute approximate surface area is 77.1 Å². The Bertz CT molecular complexity index is 172. The molecule has 0 spiro atoms. The van der Waals surface area contributed by atoms with E-state index in [0.717, 1.165) is 0 Å². The minimum atomic E-state index is -1.01. The molecular formula is C8H15NO4. The monoisotopic (exact) mass is 189 g/mol. The molecule has 0 aromatic heterocycles. The van der Waals surface area contributed by atoms with Gasteiger partial charge in [0, 0.05) is 12.8 Å². The minimum Gasteiger partial charge on any atom is -0.368 e. The van der Waals surface area contributed by atoms with Crippen molar-refractivity contribution in [3.05, 3.63) is 4.91 Å². The fourth-order valence-corrected chi connectivity index (χ4v) is 0.742. The van der Waals surface area contributed by atoms with Gasteiger partial charge in [0.05, 0.1) is 12.6 Å². The predicted octanol–water partition coefficient (Wildman–Crippen LogP) is 0.845. The van der Waals surface area contributed by atoms with E-state index >= 15 is 0 Å². The summed E-state index contributed by atoms with van der Waals surface area (Å²) < 4.78 is 4.86. The van der Waals surface area contributed by atoms with Crippen molar-refractivity contribution in [2.24, 2.45) is 5.18 Å². The zero-order valence-electron chi connectivity index (χ0n) is 7.90. The standard InChI is InChI=1S/C8H15NO4/c1-6(9-12)5-8(11)13-4-3-7(2)10/h6,8,11H,3-5H2,1-2H3. The van der Waals surface area contributed by atoms with Crippen molar-refractivity contribution in [2.75, 3.05) is 6.61 Å². The van der Waals surface area contributed by atoms with Gasteiger partial charge in [-0.1, -0.05) is 5.18 Å². The van der Waals surface area contributed by atoms with E-state index in [2.05, 4.69) is 5.18 Å². The highest BCUT2D eigenvalue weighted by atomic mass is 16.6. The van der Waals surface area contributed by atoms with Crippen LogP contribution in [0.2, 0.25) is 0 Å². The van der Waals surface area contributed by atoms with Gasteiger partial charge >= 0.3 is 0 Å². The van der Waals surface area contributed by atoms with Crippen molar-refractivity contribution in [3.63, 3.8) is 0 Å². The van der Waals surface area contributed by atoms with E-state index in [4.69, 9.17) is 9.84 Å². The van der Waals surface area contributed by atoms with Crippen LogP contribution in [0.5, 0.6) is 0 Å². The lowest BCUT2D eigenvalue weighted by atomic mass is 10.2. The maximum atomic E-state index is 10.5. The van der Waals surface area contributed by atoms with Crippen molar-refractivity contribution in [1.82, 2.24) is 0 Å². The largest absolute Gasteiger partial charge is 0.368 e. The van der Waals surface area contributed by atoms with Crippen LogP contribution in [-0.2, 0) is 9.53 Å². The first-order valence-electron chi connectivity index (χ1n) is 4.17. The highest BCUT2D eigenvalue weighted by Crippen LogP contribution is 2.03. The molecule has 0 heterocycles. The molecule has 0 radical (unpaired) electrons. The molecule has 5 nitrogen and oxygen atoms in total. The first-order valence-corrected chi connectivity index (χ1v) is 4.17. The Hall–Kier alpha value is -0.810. The first kappa shape index (κ1) is 12.2. The average molecular weight is 189 g/mol. The molecule has 0 aliphatic heterocycles. The van der Waals surface area contributed by atoms with Gasteiger partial charge in [-0.3, -0.25) is 4.79 Å². The number of carbonyl (C=O) groups is 1. The van der Waals surface area contributed by atoms with E-state index in [-0.39, 0.29) is 25.2 Å². The number of carbonyl (C=O) groups excluding carboxylic acids is 1. The summed E-state index contributed by atoms with van der Waals surface area (Å²) in [5.41, 5.74) is 0. The summed E-state index contributed by atoms with van der Waals surface area (Å²) in [6, 6.07) is -0.465. The molecule has 0 saturated heterocycles.